The smallest absolute Gasteiger partial charge is 0.235 e. The van der Waals surface area contributed by atoms with Crippen LogP contribution >= 0.6 is 0 Å². The minimum Gasteiger partial charge on any atom is -0.347 e. The Hall–Kier alpha value is -2.10. The molecule has 0 aliphatic heterocycles. The van der Waals surface area contributed by atoms with E-state index in [1.54, 1.807) is 0 Å². The highest BCUT2D eigenvalue weighted by atomic mass is 16.6. The summed E-state index contributed by atoms with van der Waals surface area (Å²) in [5.41, 5.74) is 3.03. The van der Waals surface area contributed by atoms with Crippen LogP contribution in [-0.2, 0) is 7.05 Å². The van der Waals surface area contributed by atoms with Crippen LogP contribution in [0.4, 0.5) is 0 Å². The van der Waals surface area contributed by atoms with Crippen molar-refractivity contribution in [2.45, 2.75) is 6.92 Å². The van der Waals surface area contributed by atoms with Gasteiger partial charge in [-0.3, -0.25) is 10.1 Å². The molecule has 0 atom stereocenters. The molecule has 0 aliphatic rings. The van der Waals surface area contributed by atoms with Gasteiger partial charge >= 0.3 is 0 Å². The fraction of sp³-hybridized carbons (Fsp3) is 0.167. The summed E-state index contributed by atoms with van der Waals surface area (Å²) in [6.07, 6.45) is 2.50. The van der Waals surface area contributed by atoms with Gasteiger partial charge in [-0.15, -0.1) is 0 Å². The molecule has 0 bridgehead atoms. The van der Waals surface area contributed by atoms with Crippen molar-refractivity contribution in [2.75, 3.05) is 0 Å². The second-order valence-corrected chi connectivity index (χ2v) is 3.73. The maximum Gasteiger partial charge on any atom is 0.235 e. The number of rotatable bonds is 2. The number of benzene rings is 1. The van der Waals surface area contributed by atoms with Crippen molar-refractivity contribution in [1.29, 1.82) is 0 Å². The third kappa shape index (κ3) is 1.69. The molecule has 0 saturated heterocycles. The monoisotopic (exact) mass is 216 g/mol. The molecule has 0 spiro atoms. The van der Waals surface area contributed by atoms with E-state index in [9.17, 15) is 10.1 Å². The van der Waals surface area contributed by atoms with Gasteiger partial charge in [-0.1, -0.05) is 18.2 Å². The van der Waals surface area contributed by atoms with E-state index in [0.717, 1.165) is 28.4 Å². The molecule has 1 aromatic heterocycles. The Morgan fingerprint density at radius 2 is 2.19 bits per heavy atom. The second-order valence-electron chi connectivity index (χ2n) is 3.73. The zero-order chi connectivity index (χ0) is 11.7. The van der Waals surface area contributed by atoms with E-state index in [1.165, 1.54) is 6.08 Å². The molecule has 0 amide bonds. The standard InChI is InChI=1S/C12H12N2O2/c1-9-8-11-5-3-4-10(6-7-14(15)16)12(11)13(9)2/h3-8H,1-2H3/b7-6+. The SMILES string of the molecule is Cc1cc2cccc(/C=C/[N+](=O)[O-])c2n1C. The number of nitro groups is 1. The molecule has 0 aliphatic carbocycles. The number of hydrogen-bond acceptors (Lipinski definition) is 2. The Bertz CT molecular complexity index is 582. The van der Waals surface area contributed by atoms with Crippen LogP contribution in [0, 0.1) is 17.0 Å². The van der Waals surface area contributed by atoms with Gasteiger partial charge in [0, 0.05) is 29.8 Å². The van der Waals surface area contributed by atoms with Crippen LogP contribution in [0.3, 0.4) is 0 Å². The summed E-state index contributed by atoms with van der Waals surface area (Å²) in [7, 11) is 1.96. The molecule has 1 heterocycles. The Morgan fingerprint density at radius 3 is 2.88 bits per heavy atom. The van der Waals surface area contributed by atoms with Crippen molar-refractivity contribution in [1.82, 2.24) is 4.57 Å². The highest BCUT2D eigenvalue weighted by molar-refractivity contribution is 5.89. The molecule has 0 unspecified atom stereocenters. The molecule has 4 heteroatoms. The lowest BCUT2D eigenvalue weighted by molar-refractivity contribution is -0.400. The summed E-state index contributed by atoms with van der Waals surface area (Å²) in [6, 6.07) is 7.85. The van der Waals surface area contributed by atoms with E-state index in [1.807, 2.05) is 36.7 Å². The predicted molar refractivity (Wildman–Crippen MR) is 63.7 cm³/mol. The first-order chi connectivity index (χ1) is 7.59. The lowest BCUT2D eigenvalue weighted by atomic mass is 10.1. The van der Waals surface area contributed by atoms with E-state index < -0.39 is 4.92 Å². The lowest BCUT2D eigenvalue weighted by Gasteiger charge is -2.02. The van der Waals surface area contributed by atoms with Crippen LogP contribution in [-0.4, -0.2) is 9.49 Å². The molecule has 2 aromatic rings. The summed E-state index contributed by atoms with van der Waals surface area (Å²) in [5, 5.41) is 11.4. The van der Waals surface area contributed by atoms with Crippen LogP contribution in [0.1, 0.15) is 11.3 Å². The highest BCUT2D eigenvalue weighted by Crippen LogP contribution is 2.23. The summed E-state index contributed by atoms with van der Waals surface area (Å²) in [5.74, 6) is 0. The summed E-state index contributed by atoms with van der Waals surface area (Å²) in [4.78, 5) is 9.86. The Labute approximate surface area is 93.0 Å². The average molecular weight is 216 g/mol. The zero-order valence-electron chi connectivity index (χ0n) is 9.18. The van der Waals surface area contributed by atoms with E-state index in [0.29, 0.717) is 0 Å². The number of para-hydroxylation sites is 1. The zero-order valence-corrected chi connectivity index (χ0v) is 9.18. The van der Waals surface area contributed by atoms with Gasteiger partial charge in [0.2, 0.25) is 6.20 Å². The van der Waals surface area contributed by atoms with Gasteiger partial charge in [-0.05, 0) is 13.0 Å². The fourth-order valence-corrected chi connectivity index (χ4v) is 1.86. The summed E-state index contributed by atoms with van der Waals surface area (Å²) >= 11 is 0. The minimum absolute atomic E-state index is 0.450. The molecule has 0 radical (unpaired) electrons. The molecule has 16 heavy (non-hydrogen) atoms. The van der Waals surface area contributed by atoms with E-state index >= 15 is 0 Å². The van der Waals surface area contributed by atoms with Crippen LogP contribution < -0.4 is 0 Å². The number of aromatic nitrogens is 1. The maximum absolute atomic E-state index is 10.3. The molecule has 0 fully saturated rings. The fourth-order valence-electron chi connectivity index (χ4n) is 1.86. The molecule has 82 valence electrons. The van der Waals surface area contributed by atoms with Gasteiger partial charge in [-0.25, -0.2) is 0 Å². The molecular weight excluding hydrogens is 204 g/mol. The molecule has 1 aromatic carbocycles. The topological polar surface area (TPSA) is 48.1 Å². The number of nitrogens with zero attached hydrogens (tertiary/aromatic N) is 2. The van der Waals surface area contributed by atoms with Crippen molar-refractivity contribution < 1.29 is 4.92 Å². The van der Waals surface area contributed by atoms with Crippen LogP contribution in [0.5, 0.6) is 0 Å². The Balaban J connectivity index is 2.65. The van der Waals surface area contributed by atoms with Gasteiger partial charge in [-0.2, -0.15) is 0 Å². The van der Waals surface area contributed by atoms with Gasteiger partial charge < -0.3 is 4.57 Å². The number of fused-ring (bicyclic) bond motifs is 1. The van der Waals surface area contributed by atoms with Gasteiger partial charge in [0.1, 0.15) is 0 Å². The average Bonchev–Trinajstić information content (AvgIpc) is 2.52. The predicted octanol–water partition coefficient (Wildman–Crippen LogP) is 2.73. The Kier molecular flexibility index (Phi) is 2.48. The number of hydrogen-bond donors (Lipinski definition) is 0. The highest BCUT2D eigenvalue weighted by Gasteiger charge is 2.05. The minimum atomic E-state index is -0.450. The second kappa shape index (κ2) is 3.81. The maximum atomic E-state index is 10.3. The third-order valence-electron chi connectivity index (χ3n) is 2.70. The molecule has 0 N–H and O–H groups in total. The quantitative estimate of drug-likeness (QED) is 0.572. The van der Waals surface area contributed by atoms with Crippen LogP contribution in [0.15, 0.2) is 30.5 Å². The molecule has 2 rings (SSSR count). The van der Waals surface area contributed by atoms with Crippen molar-refractivity contribution in [3.63, 3.8) is 0 Å². The lowest BCUT2D eigenvalue weighted by Crippen LogP contribution is -1.92. The third-order valence-corrected chi connectivity index (χ3v) is 2.70. The van der Waals surface area contributed by atoms with E-state index in [2.05, 4.69) is 6.07 Å². The first kappa shape index (κ1) is 10.4. The molecule has 4 nitrogen and oxygen atoms in total. The molecule has 0 saturated carbocycles. The number of aryl methyl sites for hydroxylation is 2. The first-order valence-electron chi connectivity index (χ1n) is 4.96. The first-order valence-corrected chi connectivity index (χ1v) is 4.96. The van der Waals surface area contributed by atoms with Crippen molar-refractivity contribution in [3.8, 4) is 0 Å². The van der Waals surface area contributed by atoms with E-state index in [4.69, 9.17) is 0 Å². The summed E-state index contributed by atoms with van der Waals surface area (Å²) in [6.45, 7) is 2.01. The Morgan fingerprint density at radius 1 is 1.44 bits per heavy atom. The van der Waals surface area contributed by atoms with Crippen LogP contribution in [0.25, 0.3) is 17.0 Å². The van der Waals surface area contributed by atoms with Crippen molar-refractivity contribution >= 4 is 17.0 Å². The van der Waals surface area contributed by atoms with Crippen LogP contribution in [0.2, 0.25) is 0 Å². The van der Waals surface area contributed by atoms with Gasteiger partial charge in [0.05, 0.1) is 10.4 Å². The van der Waals surface area contributed by atoms with Gasteiger partial charge in [0.25, 0.3) is 0 Å². The normalized spacial score (nSPS) is 11.4. The largest absolute Gasteiger partial charge is 0.347 e. The molecular formula is C12H12N2O2. The summed E-state index contributed by atoms with van der Waals surface area (Å²) < 4.78 is 2.04. The van der Waals surface area contributed by atoms with Crippen molar-refractivity contribution in [3.05, 3.63) is 51.8 Å². The van der Waals surface area contributed by atoms with Crippen molar-refractivity contribution in [2.24, 2.45) is 7.05 Å². The van der Waals surface area contributed by atoms with E-state index in [-0.39, 0.29) is 0 Å². The van der Waals surface area contributed by atoms with Gasteiger partial charge in [0.15, 0.2) is 0 Å².